The molecule has 10 heteroatoms. The first-order valence-corrected chi connectivity index (χ1v) is 11.8. The third kappa shape index (κ3) is 5.10. The first-order valence-electron chi connectivity index (χ1n) is 9.94. The molecule has 0 radical (unpaired) electrons. The summed E-state index contributed by atoms with van der Waals surface area (Å²) < 4.78 is 34.3. The van der Waals surface area contributed by atoms with Gasteiger partial charge in [-0.1, -0.05) is 19.1 Å². The second kappa shape index (κ2) is 9.03. The van der Waals surface area contributed by atoms with Crippen molar-refractivity contribution in [2.24, 2.45) is 0 Å². The van der Waals surface area contributed by atoms with Crippen molar-refractivity contribution in [3.8, 4) is 5.75 Å². The minimum atomic E-state index is -3.16. The maximum absolute atomic E-state index is 12.7. The zero-order chi connectivity index (χ0) is 21.9. The normalized spacial score (nSPS) is 22.9. The van der Waals surface area contributed by atoms with Gasteiger partial charge in [0.1, 0.15) is 5.75 Å². The molecule has 0 aliphatic carbocycles. The van der Waals surface area contributed by atoms with Gasteiger partial charge in [-0.05, 0) is 31.9 Å². The number of amides is 2. The van der Waals surface area contributed by atoms with Crippen LogP contribution in [0.5, 0.6) is 5.75 Å². The highest BCUT2D eigenvalue weighted by Crippen LogP contribution is 2.29. The average Bonchev–Trinajstić information content (AvgIpc) is 3.06. The lowest BCUT2D eigenvalue weighted by atomic mass is 10.1. The van der Waals surface area contributed by atoms with Crippen LogP contribution in [0.4, 0.5) is 5.69 Å². The minimum Gasteiger partial charge on any atom is -0.478 e. The lowest BCUT2D eigenvalue weighted by molar-refractivity contribution is -0.156. The smallest absolute Gasteiger partial charge is 0.310 e. The van der Waals surface area contributed by atoms with Crippen molar-refractivity contribution in [2.45, 2.75) is 51.3 Å². The number of sulfone groups is 1. The summed E-state index contributed by atoms with van der Waals surface area (Å²) in [4.78, 5) is 38.6. The molecule has 0 aromatic heterocycles. The molecule has 0 spiro atoms. The third-order valence-electron chi connectivity index (χ3n) is 5.37. The predicted molar refractivity (Wildman–Crippen MR) is 109 cm³/mol. The van der Waals surface area contributed by atoms with Crippen molar-refractivity contribution in [2.75, 3.05) is 23.4 Å². The molecule has 3 unspecified atom stereocenters. The van der Waals surface area contributed by atoms with Gasteiger partial charge in [0.15, 0.2) is 22.5 Å². The molecule has 1 N–H and O–H groups in total. The number of anilines is 1. The van der Waals surface area contributed by atoms with Crippen LogP contribution >= 0.6 is 0 Å². The van der Waals surface area contributed by atoms with Crippen LogP contribution in [0.25, 0.3) is 0 Å². The summed E-state index contributed by atoms with van der Waals surface area (Å²) in [6.07, 6.45) is -0.365. The van der Waals surface area contributed by atoms with Gasteiger partial charge in [0.05, 0.1) is 23.6 Å². The Morgan fingerprint density at radius 1 is 1.33 bits per heavy atom. The van der Waals surface area contributed by atoms with Crippen molar-refractivity contribution < 1.29 is 32.3 Å². The topological polar surface area (TPSA) is 119 Å². The fourth-order valence-corrected chi connectivity index (χ4v) is 5.37. The number of rotatable bonds is 7. The van der Waals surface area contributed by atoms with Gasteiger partial charge in [-0.3, -0.25) is 14.4 Å². The number of carbonyl (C=O) groups excluding carboxylic acids is 3. The number of benzene rings is 1. The quantitative estimate of drug-likeness (QED) is 0.634. The van der Waals surface area contributed by atoms with E-state index in [1.54, 1.807) is 24.3 Å². The van der Waals surface area contributed by atoms with E-state index in [1.165, 1.54) is 4.90 Å². The van der Waals surface area contributed by atoms with Crippen molar-refractivity contribution in [1.82, 2.24) is 4.90 Å². The molecule has 1 saturated heterocycles. The van der Waals surface area contributed by atoms with E-state index >= 15 is 0 Å². The van der Waals surface area contributed by atoms with Crippen LogP contribution in [0.1, 0.15) is 33.1 Å². The summed E-state index contributed by atoms with van der Waals surface area (Å²) in [7, 11) is -3.16. The predicted octanol–water partition coefficient (Wildman–Crippen LogP) is 1.13. The van der Waals surface area contributed by atoms with Crippen molar-refractivity contribution in [3.05, 3.63) is 24.3 Å². The van der Waals surface area contributed by atoms with Gasteiger partial charge in [-0.25, -0.2) is 8.42 Å². The lowest BCUT2D eigenvalue weighted by Crippen LogP contribution is -2.48. The monoisotopic (exact) mass is 438 g/mol. The lowest BCUT2D eigenvalue weighted by Gasteiger charge is -2.33. The molecular weight excluding hydrogens is 412 g/mol. The van der Waals surface area contributed by atoms with E-state index in [0.717, 1.165) is 0 Å². The van der Waals surface area contributed by atoms with Crippen LogP contribution in [-0.4, -0.2) is 67.4 Å². The molecule has 2 amide bonds. The molecule has 0 bridgehead atoms. The number of esters is 1. The highest BCUT2D eigenvalue weighted by Gasteiger charge is 2.37. The van der Waals surface area contributed by atoms with Gasteiger partial charge < -0.3 is 19.7 Å². The molecule has 2 heterocycles. The van der Waals surface area contributed by atoms with Gasteiger partial charge in [-0.15, -0.1) is 0 Å². The number of fused-ring (bicyclic) bond motifs is 1. The Bertz CT molecular complexity index is 931. The van der Waals surface area contributed by atoms with Gasteiger partial charge in [0, 0.05) is 12.1 Å². The van der Waals surface area contributed by atoms with Crippen molar-refractivity contribution in [3.63, 3.8) is 0 Å². The molecule has 2 aliphatic heterocycles. The molecule has 1 aromatic carbocycles. The SMILES string of the molecule is CCC(C)N(C(=O)COC(=O)CC1Oc2ccccc2NC1=O)C1CCS(=O)(=O)C1. The van der Waals surface area contributed by atoms with Crippen LogP contribution in [0.3, 0.4) is 0 Å². The zero-order valence-electron chi connectivity index (χ0n) is 17.0. The molecule has 0 saturated carbocycles. The molecule has 2 aliphatic rings. The van der Waals surface area contributed by atoms with Crippen LogP contribution in [0.2, 0.25) is 0 Å². The van der Waals surface area contributed by atoms with E-state index in [-0.39, 0.29) is 24.0 Å². The van der Waals surface area contributed by atoms with E-state index < -0.39 is 46.4 Å². The Labute approximate surface area is 175 Å². The summed E-state index contributed by atoms with van der Waals surface area (Å²) >= 11 is 0. The fraction of sp³-hybridized carbons (Fsp3) is 0.550. The summed E-state index contributed by atoms with van der Waals surface area (Å²) in [5.74, 6) is -1.23. The molecule has 9 nitrogen and oxygen atoms in total. The fourth-order valence-electron chi connectivity index (χ4n) is 3.65. The summed E-state index contributed by atoms with van der Waals surface area (Å²) in [6, 6.07) is 6.26. The van der Waals surface area contributed by atoms with Crippen LogP contribution in [0.15, 0.2) is 24.3 Å². The van der Waals surface area contributed by atoms with Gasteiger partial charge >= 0.3 is 5.97 Å². The second-order valence-corrected chi connectivity index (χ2v) is 9.80. The van der Waals surface area contributed by atoms with E-state index in [9.17, 15) is 22.8 Å². The highest BCUT2D eigenvalue weighted by atomic mass is 32.2. The number of hydrogen-bond acceptors (Lipinski definition) is 7. The minimum absolute atomic E-state index is 0.0489. The summed E-state index contributed by atoms with van der Waals surface area (Å²) in [5, 5.41) is 2.66. The van der Waals surface area contributed by atoms with Gasteiger partial charge in [0.2, 0.25) is 0 Å². The number of para-hydroxylation sites is 2. The Morgan fingerprint density at radius 3 is 2.73 bits per heavy atom. The number of carbonyl (C=O) groups is 3. The Morgan fingerprint density at radius 2 is 2.07 bits per heavy atom. The van der Waals surface area contributed by atoms with E-state index in [1.807, 2.05) is 13.8 Å². The van der Waals surface area contributed by atoms with E-state index in [4.69, 9.17) is 9.47 Å². The maximum atomic E-state index is 12.7. The molecule has 3 rings (SSSR count). The number of ether oxygens (including phenoxy) is 2. The summed E-state index contributed by atoms with van der Waals surface area (Å²) in [6.45, 7) is 3.23. The van der Waals surface area contributed by atoms with Crippen LogP contribution in [-0.2, 0) is 29.0 Å². The Kier molecular flexibility index (Phi) is 6.64. The van der Waals surface area contributed by atoms with E-state index in [2.05, 4.69) is 5.32 Å². The molecule has 164 valence electrons. The maximum Gasteiger partial charge on any atom is 0.310 e. The first kappa shape index (κ1) is 22.1. The van der Waals surface area contributed by atoms with Crippen LogP contribution < -0.4 is 10.1 Å². The van der Waals surface area contributed by atoms with Crippen LogP contribution in [0, 0.1) is 0 Å². The molecule has 30 heavy (non-hydrogen) atoms. The van der Waals surface area contributed by atoms with Crippen molar-refractivity contribution >= 4 is 33.3 Å². The van der Waals surface area contributed by atoms with Gasteiger partial charge in [0.25, 0.3) is 11.8 Å². The summed E-state index contributed by atoms with van der Waals surface area (Å²) in [5.41, 5.74) is 0.526. The van der Waals surface area contributed by atoms with Gasteiger partial charge in [-0.2, -0.15) is 0 Å². The van der Waals surface area contributed by atoms with Crippen molar-refractivity contribution in [1.29, 1.82) is 0 Å². The number of nitrogens with zero attached hydrogens (tertiary/aromatic N) is 1. The van der Waals surface area contributed by atoms with E-state index in [0.29, 0.717) is 24.3 Å². The Balaban J connectivity index is 1.56. The highest BCUT2D eigenvalue weighted by molar-refractivity contribution is 7.91. The first-order chi connectivity index (χ1) is 14.2. The second-order valence-electron chi connectivity index (χ2n) is 7.57. The number of nitrogens with one attached hydrogen (secondary N) is 1. The molecule has 1 fully saturated rings. The molecule has 1 aromatic rings. The third-order valence-corrected chi connectivity index (χ3v) is 7.12. The Hall–Kier alpha value is -2.62. The molecular formula is C20H26N2O7S. The largest absolute Gasteiger partial charge is 0.478 e. The standard InChI is InChI=1S/C20H26N2O7S/c1-3-13(2)22(14-8-9-30(26,27)12-14)18(23)11-28-19(24)10-17-20(25)21-15-6-4-5-7-16(15)29-17/h4-7,13-14,17H,3,8-12H2,1-2H3,(H,21,25). The average molecular weight is 439 g/mol. The molecule has 3 atom stereocenters. The zero-order valence-corrected chi connectivity index (χ0v) is 17.8. The number of hydrogen-bond donors (Lipinski definition) is 1.